The summed E-state index contributed by atoms with van der Waals surface area (Å²) in [5.74, 6) is 2.42. The Balaban J connectivity index is 1.55. The van der Waals surface area contributed by atoms with Crippen LogP contribution in [0.4, 0.5) is 0 Å². The first-order chi connectivity index (χ1) is 13.2. The Morgan fingerprint density at radius 3 is 2.44 bits per heavy atom. The Morgan fingerprint density at radius 1 is 0.963 bits per heavy atom. The molecule has 4 nitrogen and oxygen atoms in total. The topological polar surface area (TPSA) is 42.5 Å². The van der Waals surface area contributed by atoms with Crippen LogP contribution in [0.5, 0.6) is 11.5 Å². The quantitative estimate of drug-likeness (QED) is 0.700. The van der Waals surface area contributed by atoms with Gasteiger partial charge in [0, 0.05) is 6.54 Å². The van der Waals surface area contributed by atoms with Crippen LogP contribution in [0, 0.1) is 12.8 Å². The highest BCUT2D eigenvalue weighted by Crippen LogP contribution is 2.29. The third kappa shape index (κ3) is 6.26. The second-order valence-corrected chi connectivity index (χ2v) is 7.31. The van der Waals surface area contributed by atoms with Gasteiger partial charge in [-0.1, -0.05) is 35.9 Å². The smallest absolute Gasteiger partial charge is 0.161 e. The molecular formula is C23H32N2O2. The second kappa shape index (κ2) is 10.3. The van der Waals surface area contributed by atoms with Crippen molar-refractivity contribution in [2.24, 2.45) is 5.92 Å². The molecule has 3 rings (SSSR count). The van der Waals surface area contributed by atoms with Gasteiger partial charge in [0.15, 0.2) is 11.5 Å². The Kier molecular flexibility index (Phi) is 7.55. The van der Waals surface area contributed by atoms with Crippen molar-refractivity contribution in [1.29, 1.82) is 0 Å². The number of piperidine rings is 1. The summed E-state index contributed by atoms with van der Waals surface area (Å²) in [5.41, 5.74) is 3.65. The van der Waals surface area contributed by atoms with Crippen molar-refractivity contribution >= 4 is 0 Å². The van der Waals surface area contributed by atoms with E-state index in [-0.39, 0.29) is 0 Å². The number of nitrogens with one attached hydrogen (secondary N) is 2. The van der Waals surface area contributed by atoms with Gasteiger partial charge in [-0.15, -0.1) is 0 Å². The maximum absolute atomic E-state index is 6.02. The number of hydrogen-bond donors (Lipinski definition) is 2. The van der Waals surface area contributed by atoms with Gasteiger partial charge in [-0.25, -0.2) is 0 Å². The summed E-state index contributed by atoms with van der Waals surface area (Å²) in [6, 6.07) is 14.7. The van der Waals surface area contributed by atoms with E-state index in [0.29, 0.717) is 13.2 Å². The van der Waals surface area contributed by atoms with Crippen LogP contribution in [0.3, 0.4) is 0 Å². The average molecular weight is 369 g/mol. The molecule has 2 aromatic carbocycles. The van der Waals surface area contributed by atoms with Crippen LogP contribution in [0.1, 0.15) is 36.5 Å². The first-order valence-corrected chi connectivity index (χ1v) is 10.1. The Labute approximate surface area is 163 Å². The minimum absolute atomic E-state index is 0.549. The Bertz CT molecular complexity index is 694. The molecule has 146 valence electrons. The van der Waals surface area contributed by atoms with E-state index in [9.17, 15) is 0 Å². The normalized spacial score (nSPS) is 14.9. The lowest BCUT2D eigenvalue weighted by Gasteiger charge is -2.23. The number of ether oxygens (including phenoxy) is 2. The van der Waals surface area contributed by atoms with Crippen LogP contribution in [0.2, 0.25) is 0 Å². The summed E-state index contributed by atoms with van der Waals surface area (Å²) in [6.07, 6.45) is 2.53. The van der Waals surface area contributed by atoms with Crippen LogP contribution in [0.15, 0.2) is 42.5 Å². The molecule has 1 fully saturated rings. The zero-order chi connectivity index (χ0) is 18.9. The van der Waals surface area contributed by atoms with E-state index in [1.807, 2.05) is 13.0 Å². The highest BCUT2D eigenvalue weighted by molar-refractivity contribution is 5.43. The summed E-state index contributed by atoms with van der Waals surface area (Å²) in [7, 11) is 0. The van der Waals surface area contributed by atoms with Crippen molar-refractivity contribution in [3.8, 4) is 11.5 Å². The maximum Gasteiger partial charge on any atom is 0.161 e. The van der Waals surface area contributed by atoms with Gasteiger partial charge in [0.2, 0.25) is 0 Å². The molecule has 0 atom stereocenters. The minimum Gasteiger partial charge on any atom is -0.490 e. The van der Waals surface area contributed by atoms with Gasteiger partial charge < -0.3 is 20.1 Å². The highest BCUT2D eigenvalue weighted by Gasteiger charge is 2.12. The molecule has 0 spiro atoms. The summed E-state index contributed by atoms with van der Waals surface area (Å²) in [5, 5.41) is 7.02. The molecule has 4 heteroatoms. The third-order valence-corrected chi connectivity index (χ3v) is 5.04. The van der Waals surface area contributed by atoms with Gasteiger partial charge in [-0.2, -0.15) is 0 Å². The molecule has 0 amide bonds. The molecule has 27 heavy (non-hydrogen) atoms. The number of benzene rings is 2. The fourth-order valence-corrected chi connectivity index (χ4v) is 3.40. The molecule has 0 radical (unpaired) electrons. The zero-order valence-corrected chi connectivity index (χ0v) is 16.6. The standard InChI is InChI=1S/C23H32N2O2/c1-3-26-23-14-21(16-25-15-19-10-12-24-13-11-19)8-9-22(23)27-17-20-6-4-18(2)5-7-20/h4-9,14,19,24-25H,3,10-13,15-17H2,1-2H3. The van der Waals surface area contributed by atoms with Gasteiger partial charge in [0.1, 0.15) is 6.61 Å². The van der Waals surface area contributed by atoms with Crippen LogP contribution < -0.4 is 20.1 Å². The van der Waals surface area contributed by atoms with Crippen molar-refractivity contribution in [3.05, 3.63) is 59.2 Å². The van der Waals surface area contributed by atoms with Crippen molar-refractivity contribution in [2.45, 2.75) is 39.8 Å². The van der Waals surface area contributed by atoms with Gasteiger partial charge in [-0.3, -0.25) is 0 Å². The Morgan fingerprint density at radius 2 is 1.70 bits per heavy atom. The van der Waals surface area contributed by atoms with Crippen molar-refractivity contribution < 1.29 is 9.47 Å². The zero-order valence-electron chi connectivity index (χ0n) is 16.6. The van der Waals surface area contributed by atoms with Crippen molar-refractivity contribution in [2.75, 3.05) is 26.2 Å². The molecule has 0 aromatic heterocycles. The van der Waals surface area contributed by atoms with Crippen LogP contribution in [-0.2, 0) is 13.2 Å². The molecule has 1 saturated heterocycles. The average Bonchev–Trinajstić information content (AvgIpc) is 2.70. The summed E-state index contributed by atoms with van der Waals surface area (Å²) < 4.78 is 11.8. The molecular weight excluding hydrogens is 336 g/mol. The van der Waals surface area contributed by atoms with Crippen LogP contribution >= 0.6 is 0 Å². The van der Waals surface area contributed by atoms with E-state index in [0.717, 1.165) is 49.2 Å². The number of hydrogen-bond acceptors (Lipinski definition) is 4. The molecule has 1 aliphatic heterocycles. The molecule has 2 N–H and O–H groups in total. The molecule has 2 aromatic rings. The number of aryl methyl sites for hydroxylation is 1. The van der Waals surface area contributed by atoms with E-state index >= 15 is 0 Å². The first kappa shape index (κ1) is 19.7. The molecule has 0 unspecified atom stereocenters. The van der Waals surface area contributed by atoms with Crippen molar-refractivity contribution in [3.63, 3.8) is 0 Å². The maximum atomic E-state index is 6.02. The molecule has 0 bridgehead atoms. The highest BCUT2D eigenvalue weighted by atomic mass is 16.5. The van der Waals surface area contributed by atoms with Crippen LogP contribution in [0.25, 0.3) is 0 Å². The second-order valence-electron chi connectivity index (χ2n) is 7.31. The summed E-state index contributed by atoms with van der Waals surface area (Å²) in [6.45, 7) is 9.52. The van der Waals surface area contributed by atoms with Gasteiger partial charge in [0.05, 0.1) is 6.61 Å². The minimum atomic E-state index is 0.549. The predicted octanol–water partition coefficient (Wildman–Crippen LogP) is 4.06. The fourth-order valence-electron chi connectivity index (χ4n) is 3.40. The molecule has 1 aliphatic rings. The predicted molar refractivity (Wildman–Crippen MR) is 110 cm³/mol. The summed E-state index contributed by atoms with van der Waals surface area (Å²) in [4.78, 5) is 0. The molecule has 0 saturated carbocycles. The van der Waals surface area contributed by atoms with E-state index in [2.05, 4.69) is 54.0 Å². The van der Waals surface area contributed by atoms with E-state index in [1.54, 1.807) is 0 Å². The lowest BCUT2D eigenvalue weighted by Crippen LogP contribution is -2.33. The van der Waals surface area contributed by atoms with Gasteiger partial charge in [0.25, 0.3) is 0 Å². The van der Waals surface area contributed by atoms with Gasteiger partial charge in [-0.05, 0) is 75.5 Å². The third-order valence-electron chi connectivity index (χ3n) is 5.04. The largest absolute Gasteiger partial charge is 0.490 e. The fraction of sp³-hybridized carbons (Fsp3) is 0.478. The van der Waals surface area contributed by atoms with Crippen LogP contribution in [-0.4, -0.2) is 26.2 Å². The summed E-state index contributed by atoms with van der Waals surface area (Å²) >= 11 is 0. The van der Waals surface area contributed by atoms with E-state index in [4.69, 9.17) is 9.47 Å². The number of rotatable bonds is 9. The molecule has 0 aliphatic carbocycles. The monoisotopic (exact) mass is 368 g/mol. The van der Waals surface area contributed by atoms with E-state index in [1.165, 1.54) is 24.0 Å². The van der Waals surface area contributed by atoms with Gasteiger partial charge >= 0.3 is 0 Å². The van der Waals surface area contributed by atoms with Crippen molar-refractivity contribution in [1.82, 2.24) is 10.6 Å². The van der Waals surface area contributed by atoms with E-state index < -0.39 is 0 Å². The molecule has 1 heterocycles. The first-order valence-electron chi connectivity index (χ1n) is 10.1. The lowest BCUT2D eigenvalue weighted by atomic mass is 9.98. The lowest BCUT2D eigenvalue weighted by molar-refractivity contribution is 0.269. The Hall–Kier alpha value is -2.04. The SMILES string of the molecule is CCOc1cc(CNCC2CCNCC2)ccc1OCc1ccc(C)cc1.